The first-order valence-corrected chi connectivity index (χ1v) is 11.6. The van der Waals surface area contributed by atoms with Gasteiger partial charge in [-0.15, -0.1) is 0 Å². The highest BCUT2D eigenvalue weighted by Crippen LogP contribution is 2.34. The summed E-state index contributed by atoms with van der Waals surface area (Å²) in [5, 5.41) is 3.10. The molecule has 2 aliphatic heterocycles. The van der Waals surface area contributed by atoms with Crippen LogP contribution in [0.25, 0.3) is 0 Å². The van der Waals surface area contributed by atoms with E-state index >= 15 is 0 Å². The number of amides is 2. The molecule has 1 spiro atoms. The highest BCUT2D eigenvalue weighted by Gasteiger charge is 2.44. The Kier molecular flexibility index (Phi) is 5.88. The van der Waals surface area contributed by atoms with Crippen LogP contribution in [0.3, 0.4) is 0 Å². The Morgan fingerprint density at radius 2 is 1.65 bits per heavy atom. The van der Waals surface area contributed by atoms with Crippen LogP contribution in [0.15, 0.2) is 83.9 Å². The molecule has 1 fully saturated rings. The fraction of sp³-hybridized carbons (Fsp3) is 0.250. The molecule has 3 aromatic rings. The monoisotopic (exact) mass is 453 g/mol. The van der Waals surface area contributed by atoms with Crippen molar-refractivity contribution in [2.45, 2.75) is 31.9 Å². The van der Waals surface area contributed by atoms with E-state index in [9.17, 15) is 9.59 Å². The molecule has 2 heterocycles. The molecule has 34 heavy (non-hydrogen) atoms. The average Bonchev–Trinajstić information content (AvgIpc) is 2.99. The minimum atomic E-state index is -0.935. The molecule has 5 rings (SSSR count). The highest BCUT2D eigenvalue weighted by molar-refractivity contribution is 6.20. The van der Waals surface area contributed by atoms with Crippen LogP contribution < -0.4 is 5.32 Å². The summed E-state index contributed by atoms with van der Waals surface area (Å²) in [7, 11) is 0. The number of nitrogens with one attached hydrogen (secondary N) is 1. The number of rotatable bonds is 3. The normalized spacial score (nSPS) is 16.8. The summed E-state index contributed by atoms with van der Waals surface area (Å²) in [5.74, 6) is -0.126. The summed E-state index contributed by atoms with van der Waals surface area (Å²) >= 11 is 0. The fourth-order valence-corrected chi connectivity index (χ4v) is 4.50. The van der Waals surface area contributed by atoms with Crippen LogP contribution in [0.4, 0.5) is 10.5 Å². The van der Waals surface area contributed by atoms with Gasteiger partial charge >= 0.3 is 6.09 Å². The minimum Gasteiger partial charge on any atom is -0.445 e. The molecule has 2 amide bonds. The number of hydrogen-bond donors (Lipinski definition) is 1. The second-order valence-corrected chi connectivity index (χ2v) is 8.88. The van der Waals surface area contributed by atoms with Gasteiger partial charge in [-0.25, -0.2) is 4.79 Å². The number of ether oxygens (including phenoxy) is 1. The van der Waals surface area contributed by atoms with Gasteiger partial charge in [0.25, 0.3) is 5.91 Å². The van der Waals surface area contributed by atoms with E-state index in [4.69, 9.17) is 9.73 Å². The van der Waals surface area contributed by atoms with Crippen LogP contribution >= 0.6 is 0 Å². The maximum atomic E-state index is 13.4. The van der Waals surface area contributed by atoms with Gasteiger partial charge < -0.3 is 15.0 Å². The Morgan fingerprint density at radius 1 is 0.971 bits per heavy atom. The molecule has 0 atom stereocenters. The van der Waals surface area contributed by atoms with E-state index in [-0.39, 0.29) is 18.6 Å². The Hall–Kier alpha value is -3.93. The summed E-state index contributed by atoms with van der Waals surface area (Å²) < 4.78 is 5.50. The lowest BCUT2D eigenvalue weighted by Crippen LogP contribution is -2.51. The molecule has 0 unspecified atom stereocenters. The number of likely N-dealkylation sites (tertiary alicyclic amines) is 1. The summed E-state index contributed by atoms with van der Waals surface area (Å²) in [6, 6.07) is 25.6. The van der Waals surface area contributed by atoms with Gasteiger partial charge in [0.15, 0.2) is 0 Å². The number of carbonyl (C=O) groups excluding carboxylic acids is 2. The van der Waals surface area contributed by atoms with Crippen LogP contribution in [0.2, 0.25) is 0 Å². The lowest BCUT2D eigenvalue weighted by molar-refractivity contribution is -0.122. The molecule has 0 aliphatic carbocycles. The summed E-state index contributed by atoms with van der Waals surface area (Å²) in [4.78, 5) is 32.8. The lowest BCUT2D eigenvalue weighted by atomic mass is 9.87. The number of fused-ring (bicyclic) bond motifs is 1. The van der Waals surface area contributed by atoms with Gasteiger partial charge in [-0.1, -0.05) is 78.4 Å². The molecule has 6 heteroatoms. The zero-order valence-electron chi connectivity index (χ0n) is 19.2. The van der Waals surface area contributed by atoms with Gasteiger partial charge in [0.05, 0.1) is 11.4 Å². The number of aryl methyl sites for hydroxylation is 1. The van der Waals surface area contributed by atoms with Crippen LogP contribution in [-0.2, 0) is 16.1 Å². The van der Waals surface area contributed by atoms with Crippen molar-refractivity contribution < 1.29 is 14.3 Å². The Morgan fingerprint density at radius 3 is 2.38 bits per heavy atom. The van der Waals surface area contributed by atoms with Gasteiger partial charge in [-0.3, -0.25) is 9.79 Å². The SMILES string of the molecule is Cc1ccc(C2=NC3(CCN(C(=O)OCc4ccccc4)CC3)C(=O)Nc3ccccc32)cc1. The average molecular weight is 454 g/mol. The van der Waals surface area contributed by atoms with E-state index in [1.54, 1.807) is 4.90 Å². The number of carbonyl (C=O) groups is 2. The van der Waals surface area contributed by atoms with Gasteiger partial charge in [0.2, 0.25) is 0 Å². The van der Waals surface area contributed by atoms with Crippen molar-refractivity contribution in [3.05, 3.63) is 101 Å². The summed E-state index contributed by atoms with van der Waals surface area (Å²) in [6.07, 6.45) is 0.504. The lowest BCUT2D eigenvalue weighted by Gasteiger charge is -2.37. The molecular weight excluding hydrogens is 426 g/mol. The molecule has 2 aliphatic rings. The largest absolute Gasteiger partial charge is 0.445 e. The first-order valence-electron chi connectivity index (χ1n) is 11.6. The fourth-order valence-electron chi connectivity index (χ4n) is 4.50. The minimum absolute atomic E-state index is 0.126. The molecule has 1 N–H and O–H groups in total. The third-order valence-electron chi connectivity index (χ3n) is 6.56. The Bertz CT molecular complexity index is 1230. The van der Waals surface area contributed by atoms with Crippen molar-refractivity contribution in [3.63, 3.8) is 0 Å². The molecular formula is C28H27N3O3. The Labute approximate surface area is 199 Å². The van der Waals surface area contributed by atoms with E-state index in [0.717, 1.165) is 33.7 Å². The van der Waals surface area contributed by atoms with E-state index in [2.05, 4.69) is 17.4 Å². The van der Waals surface area contributed by atoms with Crippen LogP contribution in [0, 0.1) is 6.92 Å². The number of para-hydroxylation sites is 1. The summed E-state index contributed by atoms with van der Waals surface area (Å²) in [5.41, 5.74) is 4.60. The zero-order valence-corrected chi connectivity index (χ0v) is 19.2. The third-order valence-corrected chi connectivity index (χ3v) is 6.56. The molecule has 3 aromatic carbocycles. The topological polar surface area (TPSA) is 71.0 Å². The molecule has 0 bridgehead atoms. The number of piperidine rings is 1. The first kappa shape index (κ1) is 21.9. The number of aliphatic imine (C=N–C) groups is 1. The van der Waals surface area contributed by atoms with Gasteiger partial charge in [-0.2, -0.15) is 0 Å². The first-order chi connectivity index (χ1) is 16.5. The Balaban J connectivity index is 1.38. The number of anilines is 1. The van der Waals surface area contributed by atoms with Crippen LogP contribution in [0.1, 0.15) is 35.1 Å². The van der Waals surface area contributed by atoms with E-state index < -0.39 is 5.54 Å². The van der Waals surface area contributed by atoms with Crippen molar-refractivity contribution in [2.75, 3.05) is 18.4 Å². The maximum absolute atomic E-state index is 13.4. The summed E-state index contributed by atoms with van der Waals surface area (Å²) in [6.45, 7) is 3.09. The molecule has 6 nitrogen and oxygen atoms in total. The predicted molar refractivity (Wildman–Crippen MR) is 132 cm³/mol. The maximum Gasteiger partial charge on any atom is 0.410 e. The van der Waals surface area contributed by atoms with Gasteiger partial charge in [0.1, 0.15) is 12.1 Å². The van der Waals surface area contributed by atoms with Crippen molar-refractivity contribution in [3.8, 4) is 0 Å². The van der Waals surface area contributed by atoms with Crippen LogP contribution in [0.5, 0.6) is 0 Å². The molecule has 172 valence electrons. The van der Waals surface area contributed by atoms with Gasteiger partial charge in [0, 0.05) is 24.2 Å². The molecule has 0 saturated carbocycles. The molecule has 1 saturated heterocycles. The van der Waals surface area contributed by atoms with Crippen molar-refractivity contribution >= 4 is 23.4 Å². The highest BCUT2D eigenvalue weighted by atomic mass is 16.6. The smallest absolute Gasteiger partial charge is 0.410 e. The van der Waals surface area contributed by atoms with E-state index in [1.165, 1.54) is 0 Å². The second kappa shape index (κ2) is 9.14. The van der Waals surface area contributed by atoms with Crippen molar-refractivity contribution in [1.82, 2.24) is 4.90 Å². The number of hydrogen-bond acceptors (Lipinski definition) is 4. The van der Waals surface area contributed by atoms with E-state index in [1.807, 2.05) is 73.7 Å². The predicted octanol–water partition coefficient (Wildman–Crippen LogP) is 4.96. The van der Waals surface area contributed by atoms with Crippen molar-refractivity contribution in [1.29, 1.82) is 0 Å². The van der Waals surface area contributed by atoms with E-state index in [0.29, 0.717) is 25.9 Å². The number of benzene rings is 3. The van der Waals surface area contributed by atoms with Crippen molar-refractivity contribution in [2.24, 2.45) is 4.99 Å². The quantitative estimate of drug-likeness (QED) is 0.610. The standard InChI is InChI=1S/C28H27N3O3/c1-20-11-13-22(14-12-20)25-23-9-5-6-10-24(23)29-26(32)28(30-25)15-17-31(18-16-28)27(33)34-19-21-7-3-2-4-8-21/h2-14H,15-19H2,1H3,(H,29,32). The van der Waals surface area contributed by atoms with Gasteiger partial charge in [-0.05, 0) is 31.4 Å². The third kappa shape index (κ3) is 4.31. The second-order valence-electron chi connectivity index (χ2n) is 8.88. The molecule has 0 aromatic heterocycles. The number of nitrogens with zero attached hydrogens (tertiary/aromatic N) is 2. The molecule has 0 radical (unpaired) electrons. The zero-order chi connectivity index (χ0) is 23.5. The van der Waals surface area contributed by atoms with Crippen LogP contribution in [-0.4, -0.2) is 41.2 Å².